The van der Waals surface area contributed by atoms with E-state index in [-0.39, 0.29) is 18.4 Å². The molecule has 0 spiro atoms. The van der Waals surface area contributed by atoms with Gasteiger partial charge in [0.1, 0.15) is 0 Å². The number of nitrogens with one attached hydrogen (secondary N) is 1. The van der Waals surface area contributed by atoms with Gasteiger partial charge in [0.05, 0.1) is 26.2 Å². The normalized spacial score (nSPS) is 18.1. The predicted octanol–water partition coefficient (Wildman–Crippen LogP) is 1.19. The zero-order valence-electron chi connectivity index (χ0n) is 14.7. The lowest BCUT2D eigenvalue weighted by molar-refractivity contribution is -0.133. The number of morpholine rings is 1. The molecule has 3 rings (SSSR count). The maximum absolute atomic E-state index is 12.1. The molecule has 2 amide bonds. The number of piperidine rings is 1. The first-order valence-corrected chi connectivity index (χ1v) is 9.18. The van der Waals surface area contributed by atoms with Crippen molar-refractivity contribution in [3.05, 3.63) is 29.8 Å². The van der Waals surface area contributed by atoms with Crippen LogP contribution >= 0.6 is 0 Å². The molecule has 0 atom stereocenters. The van der Waals surface area contributed by atoms with Gasteiger partial charge in [-0.3, -0.25) is 9.59 Å². The first-order valence-electron chi connectivity index (χ1n) is 9.18. The summed E-state index contributed by atoms with van der Waals surface area (Å²) in [5.74, 6) is -0.0832. The Balaban J connectivity index is 1.43. The van der Waals surface area contributed by atoms with Crippen LogP contribution in [0.2, 0.25) is 0 Å². The summed E-state index contributed by atoms with van der Waals surface area (Å²) in [6.07, 6.45) is 3.62. The van der Waals surface area contributed by atoms with Crippen LogP contribution in [-0.4, -0.2) is 62.7 Å². The van der Waals surface area contributed by atoms with Crippen LogP contribution in [-0.2, 0) is 20.7 Å². The zero-order valence-corrected chi connectivity index (χ0v) is 14.7. The maximum Gasteiger partial charge on any atom is 0.241 e. The van der Waals surface area contributed by atoms with E-state index in [0.717, 1.165) is 63.5 Å². The molecule has 0 saturated carbocycles. The van der Waals surface area contributed by atoms with Gasteiger partial charge in [0.15, 0.2) is 0 Å². The average molecular weight is 345 g/mol. The topological polar surface area (TPSA) is 61.9 Å². The van der Waals surface area contributed by atoms with E-state index in [0.29, 0.717) is 6.42 Å². The van der Waals surface area contributed by atoms with E-state index in [9.17, 15) is 9.59 Å². The number of carbonyl (C=O) groups is 2. The Kier molecular flexibility index (Phi) is 6.28. The molecule has 6 heteroatoms. The molecule has 2 fully saturated rings. The molecule has 136 valence electrons. The highest BCUT2D eigenvalue weighted by Crippen LogP contribution is 2.17. The number of benzene rings is 1. The van der Waals surface area contributed by atoms with Gasteiger partial charge in [-0.05, 0) is 37.0 Å². The molecule has 6 nitrogen and oxygen atoms in total. The van der Waals surface area contributed by atoms with Gasteiger partial charge < -0.3 is 19.9 Å². The molecule has 0 radical (unpaired) electrons. The Hall–Kier alpha value is -2.08. The lowest BCUT2D eigenvalue weighted by Crippen LogP contribution is -2.42. The SMILES string of the molecule is O=C(Cc1ccc(N2CCOCC2)cc1)NCC(=O)N1CCCCC1. The molecule has 2 aliphatic rings. The van der Waals surface area contributed by atoms with E-state index in [1.807, 2.05) is 29.2 Å². The number of amides is 2. The largest absolute Gasteiger partial charge is 0.378 e. The van der Waals surface area contributed by atoms with Crippen molar-refractivity contribution in [2.24, 2.45) is 0 Å². The van der Waals surface area contributed by atoms with Crippen molar-refractivity contribution in [3.63, 3.8) is 0 Å². The molecule has 2 aliphatic heterocycles. The predicted molar refractivity (Wildman–Crippen MR) is 96.6 cm³/mol. The lowest BCUT2D eigenvalue weighted by atomic mass is 10.1. The Labute approximate surface area is 149 Å². The van der Waals surface area contributed by atoms with Crippen LogP contribution in [0.25, 0.3) is 0 Å². The minimum Gasteiger partial charge on any atom is -0.378 e. The van der Waals surface area contributed by atoms with Crippen LogP contribution in [0.5, 0.6) is 0 Å². The molecule has 1 aromatic carbocycles. The molecule has 2 heterocycles. The zero-order chi connectivity index (χ0) is 17.5. The molecule has 0 aromatic heterocycles. The average Bonchev–Trinajstić information content (AvgIpc) is 2.68. The molecule has 2 saturated heterocycles. The highest BCUT2D eigenvalue weighted by atomic mass is 16.5. The van der Waals surface area contributed by atoms with Gasteiger partial charge in [-0.1, -0.05) is 12.1 Å². The summed E-state index contributed by atoms with van der Waals surface area (Å²) in [6, 6.07) is 8.06. The summed E-state index contributed by atoms with van der Waals surface area (Å²) < 4.78 is 5.36. The standard InChI is InChI=1S/C19H27N3O3/c23-18(20-15-19(24)22-8-2-1-3-9-22)14-16-4-6-17(7-5-16)21-10-12-25-13-11-21/h4-7H,1-3,8-15H2,(H,20,23). The highest BCUT2D eigenvalue weighted by Gasteiger charge is 2.17. The molecular formula is C19H27N3O3. The number of hydrogen-bond acceptors (Lipinski definition) is 4. The fraction of sp³-hybridized carbons (Fsp3) is 0.579. The van der Waals surface area contributed by atoms with Crippen molar-refractivity contribution in [2.75, 3.05) is 50.8 Å². The third-order valence-corrected chi connectivity index (χ3v) is 4.82. The number of carbonyl (C=O) groups excluding carboxylic acids is 2. The molecule has 0 aliphatic carbocycles. The second-order valence-electron chi connectivity index (χ2n) is 6.66. The first kappa shape index (κ1) is 17.7. The monoisotopic (exact) mass is 345 g/mol. The fourth-order valence-corrected chi connectivity index (χ4v) is 3.32. The van der Waals surface area contributed by atoms with Crippen molar-refractivity contribution in [1.29, 1.82) is 0 Å². The summed E-state index contributed by atoms with van der Waals surface area (Å²) in [7, 11) is 0. The fourth-order valence-electron chi connectivity index (χ4n) is 3.32. The second kappa shape index (κ2) is 8.85. The van der Waals surface area contributed by atoms with Crippen LogP contribution in [0.4, 0.5) is 5.69 Å². The third kappa shape index (κ3) is 5.19. The van der Waals surface area contributed by atoms with Gasteiger partial charge >= 0.3 is 0 Å². The van der Waals surface area contributed by atoms with Crippen LogP contribution in [0.1, 0.15) is 24.8 Å². The van der Waals surface area contributed by atoms with Crippen LogP contribution < -0.4 is 10.2 Å². The maximum atomic E-state index is 12.1. The van der Waals surface area contributed by atoms with E-state index in [1.165, 1.54) is 6.42 Å². The molecule has 0 unspecified atom stereocenters. The Morgan fingerprint density at radius 1 is 0.960 bits per heavy atom. The van der Waals surface area contributed by atoms with Crippen LogP contribution in [0, 0.1) is 0 Å². The minimum atomic E-state index is -0.107. The van der Waals surface area contributed by atoms with E-state index in [4.69, 9.17) is 4.74 Å². The number of likely N-dealkylation sites (tertiary alicyclic amines) is 1. The van der Waals surface area contributed by atoms with Crippen molar-refractivity contribution in [3.8, 4) is 0 Å². The van der Waals surface area contributed by atoms with Gasteiger partial charge in [-0.25, -0.2) is 0 Å². The number of nitrogens with zero attached hydrogens (tertiary/aromatic N) is 2. The smallest absolute Gasteiger partial charge is 0.241 e. The van der Waals surface area contributed by atoms with Crippen molar-refractivity contribution < 1.29 is 14.3 Å². The summed E-state index contributed by atoms with van der Waals surface area (Å²) in [4.78, 5) is 28.3. The van der Waals surface area contributed by atoms with E-state index < -0.39 is 0 Å². The molecule has 0 bridgehead atoms. The minimum absolute atomic E-state index is 0.0238. The number of ether oxygens (including phenoxy) is 1. The van der Waals surface area contributed by atoms with Gasteiger partial charge in [-0.15, -0.1) is 0 Å². The Morgan fingerprint density at radius 2 is 1.64 bits per heavy atom. The van der Waals surface area contributed by atoms with Crippen LogP contribution in [0.15, 0.2) is 24.3 Å². The lowest BCUT2D eigenvalue weighted by Gasteiger charge is -2.28. The van der Waals surface area contributed by atoms with Gasteiger partial charge in [0.2, 0.25) is 11.8 Å². The summed E-state index contributed by atoms with van der Waals surface area (Å²) in [6.45, 7) is 5.06. The molecule has 1 aromatic rings. The van der Waals surface area contributed by atoms with Gasteiger partial charge in [0, 0.05) is 31.9 Å². The Morgan fingerprint density at radius 3 is 2.32 bits per heavy atom. The second-order valence-corrected chi connectivity index (χ2v) is 6.66. The number of hydrogen-bond donors (Lipinski definition) is 1. The first-order chi connectivity index (χ1) is 12.2. The number of rotatable bonds is 5. The van der Waals surface area contributed by atoms with Gasteiger partial charge in [-0.2, -0.15) is 0 Å². The third-order valence-electron chi connectivity index (χ3n) is 4.82. The van der Waals surface area contributed by atoms with E-state index >= 15 is 0 Å². The molecule has 1 N–H and O–H groups in total. The summed E-state index contributed by atoms with van der Waals surface area (Å²) in [5.41, 5.74) is 2.12. The number of anilines is 1. The summed E-state index contributed by atoms with van der Waals surface area (Å²) >= 11 is 0. The van der Waals surface area contributed by atoms with E-state index in [2.05, 4.69) is 10.2 Å². The highest BCUT2D eigenvalue weighted by molar-refractivity contribution is 5.85. The summed E-state index contributed by atoms with van der Waals surface area (Å²) in [5, 5.41) is 2.75. The van der Waals surface area contributed by atoms with E-state index in [1.54, 1.807) is 0 Å². The van der Waals surface area contributed by atoms with Crippen molar-refractivity contribution in [1.82, 2.24) is 10.2 Å². The molecule has 25 heavy (non-hydrogen) atoms. The quantitative estimate of drug-likeness (QED) is 0.871. The Bertz CT molecular complexity index is 576. The van der Waals surface area contributed by atoms with Crippen molar-refractivity contribution in [2.45, 2.75) is 25.7 Å². The van der Waals surface area contributed by atoms with Gasteiger partial charge in [0.25, 0.3) is 0 Å². The molecular weight excluding hydrogens is 318 g/mol. The van der Waals surface area contributed by atoms with Crippen molar-refractivity contribution >= 4 is 17.5 Å². The van der Waals surface area contributed by atoms with Crippen LogP contribution in [0.3, 0.4) is 0 Å².